The smallest absolute Gasteiger partial charge is 0.233 e. The Morgan fingerprint density at radius 3 is 2.58 bits per heavy atom. The van der Waals surface area contributed by atoms with Crippen LogP contribution in [0.2, 0.25) is 0 Å². The van der Waals surface area contributed by atoms with E-state index in [9.17, 15) is 9.90 Å². The normalized spacial score (nSPS) is 21.1. The summed E-state index contributed by atoms with van der Waals surface area (Å²) >= 11 is 4.93. The highest BCUT2D eigenvalue weighted by molar-refractivity contribution is 9.10. The third kappa shape index (κ3) is 2.98. The molecule has 2 aliphatic rings. The summed E-state index contributed by atoms with van der Waals surface area (Å²) in [7, 11) is 0. The molecule has 19 heavy (non-hydrogen) atoms. The summed E-state index contributed by atoms with van der Waals surface area (Å²) in [6.07, 6.45) is 2.23. The summed E-state index contributed by atoms with van der Waals surface area (Å²) in [4.78, 5) is 14.8. The van der Waals surface area contributed by atoms with Gasteiger partial charge in [0.25, 0.3) is 0 Å². The molecule has 1 amide bonds. The van der Waals surface area contributed by atoms with E-state index in [-0.39, 0.29) is 5.91 Å². The molecule has 1 aromatic rings. The molecule has 1 aliphatic carbocycles. The minimum absolute atomic E-state index is 0.123. The zero-order valence-corrected chi connectivity index (χ0v) is 12.9. The summed E-state index contributed by atoms with van der Waals surface area (Å²) in [5.74, 6) is 1.01. The first-order valence-electron chi connectivity index (χ1n) is 6.45. The van der Waals surface area contributed by atoms with Gasteiger partial charge < -0.3 is 10.0 Å². The van der Waals surface area contributed by atoms with Crippen molar-refractivity contribution in [1.29, 1.82) is 0 Å². The number of likely N-dealkylation sites (tertiary alicyclic amines) is 1. The van der Waals surface area contributed by atoms with Crippen LogP contribution in [0.4, 0.5) is 0 Å². The van der Waals surface area contributed by atoms with Gasteiger partial charge in [0, 0.05) is 9.37 Å². The van der Waals surface area contributed by atoms with Gasteiger partial charge >= 0.3 is 0 Å². The average molecular weight is 342 g/mol. The predicted molar refractivity (Wildman–Crippen MR) is 79.1 cm³/mol. The molecule has 0 spiro atoms. The number of hydrogen-bond acceptors (Lipinski definition) is 3. The van der Waals surface area contributed by atoms with Gasteiger partial charge in [-0.05, 0) is 43.0 Å². The second kappa shape index (κ2) is 5.11. The molecule has 5 heteroatoms. The maximum Gasteiger partial charge on any atom is 0.233 e. The lowest BCUT2D eigenvalue weighted by Crippen LogP contribution is -2.65. The number of halogens is 1. The SMILES string of the molecule is O=C(CSc1ccc(Br)cc1)N1CC(O)(C2CC2)C1. The van der Waals surface area contributed by atoms with Crippen molar-refractivity contribution in [2.75, 3.05) is 18.8 Å². The molecule has 3 nitrogen and oxygen atoms in total. The Hall–Kier alpha value is -0.520. The number of amides is 1. The molecule has 0 radical (unpaired) electrons. The first-order chi connectivity index (χ1) is 9.07. The Labute approximate surface area is 125 Å². The summed E-state index contributed by atoms with van der Waals surface area (Å²) < 4.78 is 1.04. The van der Waals surface area contributed by atoms with Crippen molar-refractivity contribution < 1.29 is 9.90 Å². The number of carbonyl (C=O) groups is 1. The first kappa shape index (κ1) is 13.5. The third-order valence-electron chi connectivity index (χ3n) is 3.80. The van der Waals surface area contributed by atoms with Crippen LogP contribution in [0.15, 0.2) is 33.6 Å². The number of carbonyl (C=O) groups excluding carboxylic acids is 1. The van der Waals surface area contributed by atoms with Gasteiger partial charge in [-0.1, -0.05) is 15.9 Å². The topological polar surface area (TPSA) is 40.5 Å². The van der Waals surface area contributed by atoms with Crippen molar-refractivity contribution >= 4 is 33.6 Å². The molecule has 1 saturated carbocycles. The van der Waals surface area contributed by atoms with E-state index in [0.29, 0.717) is 24.8 Å². The van der Waals surface area contributed by atoms with Gasteiger partial charge in [0.15, 0.2) is 0 Å². The largest absolute Gasteiger partial charge is 0.386 e. The number of hydrogen-bond donors (Lipinski definition) is 1. The summed E-state index contributed by atoms with van der Waals surface area (Å²) in [6, 6.07) is 7.95. The van der Waals surface area contributed by atoms with E-state index in [1.807, 2.05) is 24.3 Å². The monoisotopic (exact) mass is 341 g/mol. The Morgan fingerprint density at radius 2 is 2.00 bits per heavy atom. The molecule has 102 valence electrons. The van der Waals surface area contributed by atoms with E-state index in [4.69, 9.17) is 0 Å². The number of nitrogens with zero attached hydrogens (tertiary/aromatic N) is 1. The highest BCUT2D eigenvalue weighted by atomic mass is 79.9. The molecule has 0 bridgehead atoms. The Balaban J connectivity index is 1.46. The molecule has 1 heterocycles. The predicted octanol–water partition coefficient (Wildman–Crippen LogP) is 2.52. The number of aliphatic hydroxyl groups is 1. The zero-order chi connectivity index (χ0) is 13.5. The van der Waals surface area contributed by atoms with Crippen molar-refractivity contribution in [3.8, 4) is 0 Å². The molecule has 0 aromatic heterocycles. The van der Waals surface area contributed by atoms with Gasteiger partial charge in [-0.3, -0.25) is 4.79 Å². The Morgan fingerprint density at radius 1 is 1.37 bits per heavy atom. The molecule has 1 N–H and O–H groups in total. The van der Waals surface area contributed by atoms with Crippen molar-refractivity contribution in [3.63, 3.8) is 0 Å². The lowest BCUT2D eigenvalue weighted by molar-refractivity contribution is -0.156. The summed E-state index contributed by atoms with van der Waals surface area (Å²) in [5.41, 5.74) is -0.571. The molecular weight excluding hydrogens is 326 g/mol. The van der Waals surface area contributed by atoms with E-state index in [1.54, 1.807) is 16.7 Å². The van der Waals surface area contributed by atoms with Gasteiger partial charge in [0.1, 0.15) is 5.60 Å². The van der Waals surface area contributed by atoms with Gasteiger partial charge in [0.2, 0.25) is 5.91 Å². The molecule has 2 fully saturated rings. The summed E-state index contributed by atoms with van der Waals surface area (Å²) in [6.45, 7) is 1.05. The van der Waals surface area contributed by atoms with Crippen LogP contribution >= 0.6 is 27.7 Å². The lowest BCUT2D eigenvalue weighted by Gasteiger charge is -2.47. The van der Waals surface area contributed by atoms with Crippen molar-refractivity contribution in [2.45, 2.75) is 23.3 Å². The average Bonchev–Trinajstić information content (AvgIpc) is 3.18. The molecule has 0 atom stereocenters. The van der Waals surface area contributed by atoms with Gasteiger partial charge in [-0.15, -0.1) is 11.8 Å². The fraction of sp³-hybridized carbons (Fsp3) is 0.500. The van der Waals surface area contributed by atoms with E-state index >= 15 is 0 Å². The molecule has 1 aromatic carbocycles. The molecule has 0 unspecified atom stereocenters. The second-order valence-electron chi connectivity index (χ2n) is 5.37. The molecular formula is C14H16BrNO2S. The Kier molecular flexibility index (Phi) is 3.62. The van der Waals surface area contributed by atoms with Crippen LogP contribution in [0.5, 0.6) is 0 Å². The fourth-order valence-electron chi connectivity index (χ4n) is 2.44. The number of benzene rings is 1. The van der Waals surface area contributed by atoms with Crippen LogP contribution in [0.1, 0.15) is 12.8 Å². The fourth-order valence-corrected chi connectivity index (χ4v) is 3.50. The maximum absolute atomic E-state index is 12.0. The van der Waals surface area contributed by atoms with E-state index < -0.39 is 5.60 Å². The van der Waals surface area contributed by atoms with Crippen molar-refractivity contribution in [1.82, 2.24) is 4.90 Å². The van der Waals surface area contributed by atoms with Crippen LogP contribution in [0.3, 0.4) is 0 Å². The van der Waals surface area contributed by atoms with Crippen LogP contribution in [0.25, 0.3) is 0 Å². The van der Waals surface area contributed by atoms with Crippen LogP contribution < -0.4 is 0 Å². The summed E-state index contributed by atoms with van der Waals surface area (Å²) in [5, 5.41) is 10.2. The number of β-amino-alcohol motifs (C(OH)–C–C–N with tert-alkyl or cyclic N) is 1. The number of rotatable bonds is 4. The highest BCUT2D eigenvalue weighted by Gasteiger charge is 2.53. The molecule has 3 rings (SSSR count). The van der Waals surface area contributed by atoms with Crippen LogP contribution in [0, 0.1) is 5.92 Å². The van der Waals surface area contributed by atoms with Crippen molar-refractivity contribution in [3.05, 3.63) is 28.7 Å². The van der Waals surface area contributed by atoms with E-state index in [2.05, 4.69) is 15.9 Å². The van der Waals surface area contributed by atoms with Gasteiger partial charge in [-0.2, -0.15) is 0 Å². The van der Waals surface area contributed by atoms with Gasteiger partial charge in [0.05, 0.1) is 18.8 Å². The lowest BCUT2D eigenvalue weighted by atomic mass is 9.89. The minimum Gasteiger partial charge on any atom is -0.386 e. The van der Waals surface area contributed by atoms with E-state index in [0.717, 1.165) is 22.2 Å². The first-order valence-corrected chi connectivity index (χ1v) is 8.23. The second-order valence-corrected chi connectivity index (χ2v) is 7.33. The molecule has 1 saturated heterocycles. The maximum atomic E-state index is 12.0. The zero-order valence-electron chi connectivity index (χ0n) is 10.5. The number of thioether (sulfide) groups is 1. The van der Waals surface area contributed by atoms with Crippen LogP contribution in [-0.4, -0.2) is 40.4 Å². The third-order valence-corrected chi connectivity index (χ3v) is 5.32. The minimum atomic E-state index is -0.571. The van der Waals surface area contributed by atoms with E-state index in [1.165, 1.54) is 0 Å². The highest BCUT2D eigenvalue weighted by Crippen LogP contribution is 2.44. The van der Waals surface area contributed by atoms with Crippen LogP contribution in [-0.2, 0) is 4.79 Å². The molecule has 1 aliphatic heterocycles. The van der Waals surface area contributed by atoms with Crippen molar-refractivity contribution in [2.24, 2.45) is 5.92 Å². The standard InChI is InChI=1S/C14H16BrNO2S/c15-11-3-5-12(6-4-11)19-7-13(17)16-8-14(18,9-16)10-1-2-10/h3-6,10,18H,1-2,7-9H2. The Bertz CT molecular complexity index is 481. The quantitative estimate of drug-likeness (QED) is 0.855. The van der Waals surface area contributed by atoms with Gasteiger partial charge in [-0.25, -0.2) is 0 Å².